The predicted molar refractivity (Wildman–Crippen MR) is 88.4 cm³/mol. The third kappa shape index (κ3) is 3.44. The smallest absolute Gasteiger partial charge is 0.254 e. The quantitative estimate of drug-likeness (QED) is 0.941. The van der Waals surface area contributed by atoms with Crippen LogP contribution >= 0.6 is 11.5 Å². The molecule has 1 saturated heterocycles. The zero-order valence-electron chi connectivity index (χ0n) is 12.7. The van der Waals surface area contributed by atoms with Gasteiger partial charge in [0.1, 0.15) is 0 Å². The monoisotopic (exact) mass is 316 g/mol. The Hall–Kier alpha value is -1.95. The molecule has 5 nitrogen and oxygen atoms in total. The van der Waals surface area contributed by atoms with E-state index in [-0.39, 0.29) is 5.91 Å². The number of aryl methyl sites for hydroxylation is 1. The van der Waals surface area contributed by atoms with Gasteiger partial charge in [-0.25, -0.2) is 0 Å². The molecular formula is C16H20N4OS. The minimum atomic E-state index is 0.00260. The van der Waals surface area contributed by atoms with Crippen LogP contribution in [0.3, 0.4) is 0 Å². The number of piperidine rings is 1. The molecule has 22 heavy (non-hydrogen) atoms. The first kappa shape index (κ1) is 15.0. The molecule has 0 aromatic carbocycles. The van der Waals surface area contributed by atoms with Crippen molar-refractivity contribution in [2.24, 2.45) is 5.92 Å². The van der Waals surface area contributed by atoms with Gasteiger partial charge in [-0.05, 0) is 49.3 Å². The SMILES string of the molecule is Cc1nscc1C(=O)NCC1CCN(c2ccncc2)CC1. The van der Waals surface area contributed by atoms with Gasteiger partial charge >= 0.3 is 0 Å². The summed E-state index contributed by atoms with van der Waals surface area (Å²) in [7, 11) is 0. The molecule has 0 spiro atoms. The van der Waals surface area contributed by atoms with E-state index >= 15 is 0 Å². The largest absolute Gasteiger partial charge is 0.371 e. The van der Waals surface area contributed by atoms with Gasteiger partial charge in [0.05, 0.1) is 11.3 Å². The maximum absolute atomic E-state index is 12.1. The molecular weight excluding hydrogens is 296 g/mol. The van der Waals surface area contributed by atoms with E-state index in [1.54, 1.807) is 0 Å². The van der Waals surface area contributed by atoms with Crippen molar-refractivity contribution < 1.29 is 4.79 Å². The lowest BCUT2D eigenvalue weighted by atomic mass is 9.96. The van der Waals surface area contributed by atoms with Gasteiger partial charge in [0, 0.05) is 43.1 Å². The van der Waals surface area contributed by atoms with E-state index in [2.05, 4.69) is 31.7 Å². The highest BCUT2D eigenvalue weighted by Crippen LogP contribution is 2.22. The standard InChI is InChI=1S/C16H20N4OS/c1-12-15(11-22-19-12)16(21)18-10-13-4-8-20(9-5-13)14-2-6-17-7-3-14/h2-3,6-7,11,13H,4-5,8-10H2,1H3,(H,18,21). The van der Waals surface area contributed by atoms with Crippen molar-refractivity contribution >= 4 is 23.1 Å². The molecule has 2 aromatic heterocycles. The molecule has 1 N–H and O–H groups in total. The fourth-order valence-corrected chi connectivity index (χ4v) is 3.48. The topological polar surface area (TPSA) is 58.1 Å². The average molecular weight is 316 g/mol. The second-order valence-electron chi connectivity index (χ2n) is 5.66. The highest BCUT2D eigenvalue weighted by molar-refractivity contribution is 7.03. The van der Waals surface area contributed by atoms with Crippen molar-refractivity contribution in [3.05, 3.63) is 41.2 Å². The normalized spacial score (nSPS) is 15.8. The highest BCUT2D eigenvalue weighted by atomic mass is 32.1. The van der Waals surface area contributed by atoms with E-state index in [0.29, 0.717) is 11.5 Å². The van der Waals surface area contributed by atoms with Gasteiger partial charge in [0.2, 0.25) is 0 Å². The van der Waals surface area contributed by atoms with Crippen molar-refractivity contribution in [1.29, 1.82) is 0 Å². The molecule has 1 aliphatic heterocycles. The van der Waals surface area contributed by atoms with E-state index in [9.17, 15) is 4.79 Å². The van der Waals surface area contributed by atoms with Gasteiger partial charge in [-0.15, -0.1) is 0 Å². The summed E-state index contributed by atoms with van der Waals surface area (Å²) in [5.74, 6) is 0.553. The lowest BCUT2D eigenvalue weighted by Gasteiger charge is -2.33. The zero-order valence-corrected chi connectivity index (χ0v) is 13.5. The minimum Gasteiger partial charge on any atom is -0.371 e. The Labute approximate surface area is 134 Å². The molecule has 0 unspecified atom stereocenters. The summed E-state index contributed by atoms with van der Waals surface area (Å²) in [5.41, 5.74) is 2.76. The fourth-order valence-electron chi connectivity index (χ4n) is 2.79. The number of pyridine rings is 1. The molecule has 1 amide bonds. The highest BCUT2D eigenvalue weighted by Gasteiger charge is 2.20. The van der Waals surface area contributed by atoms with Crippen LogP contribution in [0.2, 0.25) is 0 Å². The van der Waals surface area contributed by atoms with Crippen molar-refractivity contribution in [3.8, 4) is 0 Å². The van der Waals surface area contributed by atoms with Gasteiger partial charge in [0.25, 0.3) is 5.91 Å². The number of hydrogen-bond donors (Lipinski definition) is 1. The summed E-state index contributed by atoms with van der Waals surface area (Å²) in [6, 6.07) is 4.10. The molecule has 0 bridgehead atoms. The van der Waals surface area contributed by atoms with Crippen LogP contribution in [0.25, 0.3) is 0 Å². The Morgan fingerprint density at radius 1 is 1.36 bits per heavy atom. The van der Waals surface area contributed by atoms with Crippen molar-refractivity contribution in [2.75, 3.05) is 24.5 Å². The van der Waals surface area contributed by atoms with Gasteiger partial charge in [-0.2, -0.15) is 4.37 Å². The van der Waals surface area contributed by atoms with E-state index in [1.165, 1.54) is 17.2 Å². The first-order valence-corrected chi connectivity index (χ1v) is 8.42. The lowest BCUT2D eigenvalue weighted by molar-refractivity contribution is 0.0944. The molecule has 3 rings (SSSR count). The third-order valence-electron chi connectivity index (χ3n) is 4.19. The van der Waals surface area contributed by atoms with Crippen LogP contribution in [-0.2, 0) is 0 Å². The van der Waals surface area contributed by atoms with Crippen LogP contribution in [0.5, 0.6) is 0 Å². The molecule has 0 aliphatic carbocycles. The predicted octanol–water partition coefficient (Wildman–Crippen LogP) is 2.49. The minimum absolute atomic E-state index is 0.00260. The summed E-state index contributed by atoms with van der Waals surface area (Å²) in [6.07, 6.45) is 5.87. The second-order valence-corrected chi connectivity index (χ2v) is 6.29. The number of anilines is 1. The molecule has 0 atom stereocenters. The van der Waals surface area contributed by atoms with Crippen LogP contribution in [0.4, 0.5) is 5.69 Å². The number of aromatic nitrogens is 2. The summed E-state index contributed by atoms with van der Waals surface area (Å²) in [6.45, 7) is 4.68. The maximum Gasteiger partial charge on any atom is 0.254 e. The molecule has 6 heteroatoms. The molecule has 0 radical (unpaired) electrons. The van der Waals surface area contributed by atoms with Crippen LogP contribution in [0.1, 0.15) is 28.9 Å². The van der Waals surface area contributed by atoms with Crippen molar-refractivity contribution in [1.82, 2.24) is 14.7 Å². The van der Waals surface area contributed by atoms with Crippen LogP contribution in [0, 0.1) is 12.8 Å². The second kappa shape index (κ2) is 6.87. The van der Waals surface area contributed by atoms with Crippen LogP contribution in [0.15, 0.2) is 29.9 Å². The first-order valence-electron chi connectivity index (χ1n) is 7.58. The number of hydrogen-bond acceptors (Lipinski definition) is 5. The van der Waals surface area contributed by atoms with Gasteiger partial charge in [0.15, 0.2) is 0 Å². The number of amides is 1. The number of carbonyl (C=O) groups is 1. The Morgan fingerprint density at radius 2 is 2.09 bits per heavy atom. The molecule has 1 fully saturated rings. The fraction of sp³-hybridized carbons (Fsp3) is 0.438. The van der Waals surface area contributed by atoms with E-state index in [1.807, 2.05) is 24.7 Å². The number of nitrogens with one attached hydrogen (secondary N) is 1. The Kier molecular flexibility index (Phi) is 4.68. The molecule has 1 aliphatic rings. The summed E-state index contributed by atoms with van der Waals surface area (Å²) < 4.78 is 4.15. The first-order chi connectivity index (χ1) is 10.7. The van der Waals surface area contributed by atoms with Gasteiger partial charge < -0.3 is 10.2 Å². The van der Waals surface area contributed by atoms with Gasteiger partial charge in [-0.1, -0.05) is 0 Å². The van der Waals surface area contributed by atoms with Crippen molar-refractivity contribution in [2.45, 2.75) is 19.8 Å². The van der Waals surface area contributed by atoms with Crippen LogP contribution < -0.4 is 10.2 Å². The number of carbonyl (C=O) groups excluding carboxylic acids is 1. The molecule has 0 saturated carbocycles. The third-order valence-corrected chi connectivity index (χ3v) is 4.91. The van der Waals surface area contributed by atoms with Crippen molar-refractivity contribution in [3.63, 3.8) is 0 Å². The Bertz CT molecular complexity index is 620. The Balaban J connectivity index is 1.46. The zero-order chi connectivity index (χ0) is 15.4. The maximum atomic E-state index is 12.1. The average Bonchev–Trinajstić information content (AvgIpc) is 3.00. The molecule has 3 heterocycles. The summed E-state index contributed by atoms with van der Waals surface area (Å²) in [5, 5.41) is 4.87. The van der Waals surface area contributed by atoms with Gasteiger partial charge in [-0.3, -0.25) is 9.78 Å². The number of rotatable bonds is 4. The lowest BCUT2D eigenvalue weighted by Crippen LogP contribution is -2.38. The molecule has 2 aromatic rings. The number of nitrogens with zero attached hydrogens (tertiary/aromatic N) is 3. The van der Waals surface area contributed by atoms with Crippen LogP contribution in [-0.4, -0.2) is 34.9 Å². The summed E-state index contributed by atoms with van der Waals surface area (Å²) in [4.78, 5) is 18.5. The van der Waals surface area contributed by atoms with E-state index in [0.717, 1.165) is 38.2 Å². The van der Waals surface area contributed by atoms with E-state index < -0.39 is 0 Å². The summed E-state index contributed by atoms with van der Waals surface area (Å²) >= 11 is 1.33. The molecule has 116 valence electrons. The Morgan fingerprint density at radius 3 is 2.73 bits per heavy atom. The van der Waals surface area contributed by atoms with E-state index in [4.69, 9.17) is 0 Å².